The maximum atomic E-state index is 12.0. The Morgan fingerprint density at radius 3 is 2.78 bits per heavy atom. The lowest BCUT2D eigenvalue weighted by molar-refractivity contribution is -0.119. The molecule has 0 radical (unpaired) electrons. The monoisotopic (exact) mass is 332 g/mol. The molecule has 5 heteroatoms. The lowest BCUT2D eigenvalue weighted by Crippen LogP contribution is -2.29. The Morgan fingerprint density at radius 2 is 2.22 bits per heavy atom. The number of aryl methyl sites for hydroxylation is 1. The number of amides is 1. The zero-order valence-corrected chi connectivity index (χ0v) is 12.9. The summed E-state index contributed by atoms with van der Waals surface area (Å²) in [5, 5.41) is 3.50. The molecule has 0 spiro atoms. The van der Waals surface area contributed by atoms with Gasteiger partial charge in [0.05, 0.1) is 11.6 Å². The summed E-state index contributed by atoms with van der Waals surface area (Å²) in [7, 11) is 0. The molecule has 0 bridgehead atoms. The average molecular weight is 334 g/mol. The van der Waals surface area contributed by atoms with Crippen LogP contribution in [0.2, 0.25) is 5.02 Å². The topological polar surface area (TPSA) is 55.1 Å². The Bertz CT molecular complexity index is 437. The molecule has 0 aromatic heterocycles. The first-order chi connectivity index (χ1) is 8.49. The van der Waals surface area contributed by atoms with E-state index in [1.54, 1.807) is 6.07 Å². The van der Waals surface area contributed by atoms with Crippen molar-refractivity contribution in [2.24, 2.45) is 11.7 Å². The van der Waals surface area contributed by atoms with Gasteiger partial charge in [-0.2, -0.15) is 0 Å². The molecule has 100 valence electrons. The van der Waals surface area contributed by atoms with Crippen LogP contribution in [0, 0.1) is 12.8 Å². The molecule has 1 aromatic carbocycles. The van der Waals surface area contributed by atoms with E-state index >= 15 is 0 Å². The Labute approximate surface area is 121 Å². The SMILES string of the molecule is CCCC(CN)C(=O)Nc1cc(Cl)c(C)cc1Br. The molecule has 0 fully saturated rings. The van der Waals surface area contributed by atoms with Crippen molar-refractivity contribution in [3.8, 4) is 0 Å². The van der Waals surface area contributed by atoms with Crippen molar-refractivity contribution in [1.82, 2.24) is 0 Å². The lowest BCUT2D eigenvalue weighted by atomic mass is 10.0. The van der Waals surface area contributed by atoms with Crippen molar-refractivity contribution in [3.05, 3.63) is 27.2 Å². The number of halogens is 2. The molecule has 1 amide bonds. The number of hydrogen-bond donors (Lipinski definition) is 2. The van der Waals surface area contributed by atoms with Crippen LogP contribution in [0.15, 0.2) is 16.6 Å². The first-order valence-corrected chi connectivity index (χ1v) is 7.13. The van der Waals surface area contributed by atoms with Gasteiger partial charge in [-0.15, -0.1) is 0 Å². The molecule has 1 rings (SSSR count). The quantitative estimate of drug-likeness (QED) is 0.862. The molecule has 0 aliphatic rings. The molecule has 0 aliphatic carbocycles. The van der Waals surface area contributed by atoms with Crippen molar-refractivity contribution in [3.63, 3.8) is 0 Å². The molecule has 0 aliphatic heterocycles. The van der Waals surface area contributed by atoms with Crippen LogP contribution in [0.4, 0.5) is 5.69 Å². The summed E-state index contributed by atoms with van der Waals surface area (Å²) >= 11 is 9.46. The van der Waals surface area contributed by atoms with Gasteiger partial charge < -0.3 is 11.1 Å². The number of nitrogens with two attached hydrogens (primary N) is 1. The summed E-state index contributed by atoms with van der Waals surface area (Å²) in [5.41, 5.74) is 7.26. The lowest BCUT2D eigenvalue weighted by Gasteiger charge is -2.15. The van der Waals surface area contributed by atoms with Crippen LogP contribution in [0.1, 0.15) is 25.3 Å². The summed E-state index contributed by atoms with van der Waals surface area (Å²) < 4.78 is 0.824. The van der Waals surface area contributed by atoms with Gasteiger partial charge in [0, 0.05) is 16.0 Å². The van der Waals surface area contributed by atoms with E-state index in [2.05, 4.69) is 21.2 Å². The number of anilines is 1. The fraction of sp³-hybridized carbons (Fsp3) is 0.462. The van der Waals surface area contributed by atoms with E-state index in [9.17, 15) is 4.79 Å². The number of carbonyl (C=O) groups excluding carboxylic acids is 1. The fourth-order valence-electron chi connectivity index (χ4n) is 1.68. The third kappa shape index (κ3) is 3.97. The van der Waals surface area contributed by atoms with Gasteiger partial charge in [0.1, 0.15) is 0 Å². The van der Waals surface area contributed by atoms with Gasteiger partial charge in [-0.3, -0.25) is 4.79 Å². The highest BCUT2D eigenvalue weighted by atomic mass is 79.9. The van der Waals surface area contributed by atoms with E-state index in [1.807, 2.05) is 19.9 Å². The van der Waals surface area contributed by atoms with Crippen LogP contribution >= 0.6 is 27.5 Å². The van der Waals surface area contributed by atoms with Gasteiger partial charge in [-0.25, -0.2) is 0 Å². The molecule has 3 nitrogen and oxygen atoms in total. The highest BCUT2D eigenvalue weighted by Crippen LogP contribution is 2.29. The van der Waals surface area contributed by atoms with Crippen LogP contribution in [-0.4, -0.2) is 12.5 Å². The fourth-order valence-corrected chi connectivity index (χ4v) is 2.40. The maximum Gasteiger partial charge on any atom is 0.228 e. The number of nitrogens with one attached hydrogen (secondary N) is 1. The molecule has 1 unspecified atom stereocenters. The van der Waals surface area contributed by atoms with Crippen molar-refractivity contribution in [2.75, 3.05) is 11.9 Å². The Balaban J connectivity index is 2.84. The second kappa shape index (κ2) is 7.12. The zero-order chi connectivity index (χ0) is 13.7. The minimum absolute atomic E-state index is 0.0556. The third-order valence-corrected chi connectivity index (χ3v) is 3.86. The molecular weight excluding hydrogens is 316 g/mol. The van der Waals surface area contributed by atoms with E-state index in [0.29, 0.717) is 17.3 Å². The summed E-state index contributed by atoms with van der Waals surface area (Å²) in [6, 6.07) is 3.63. The van der Waals surface area contributed by atoms with Gasteiger partial charge in [0.2, 0.25) is 5.91 Å². The van der Waals surface area contributed by atoms with Crippen LogP contribution in [0.5, 0.6) is 0 Å². The van der Waals surface area contributed by atoms with Gasteiger partial charge in [0.15, 0.2) is 0 Å². The average Bonchev–Trinajstić information content (AvgIpc) is 2.32. The minimum atomic E-state index is -0.151. The van der Waals surface area contributed by atoms with Crippen molar-refractivity contribution in [1.29, 1.82) is 0 Å². The molecule has 0 heterocycles. The highest BCUT2D eigenvalue weighted by molar-refractivity contribution is 9.10. The van der Waals surface area contributed by atoms with Gasteiger partial charge in [-0.1, -0.05) is 24.9 Å². The number of rotatable bonds is 5. The molecule has 18 heavy (non-hydrogen) atoms. The second-order valence-electron chi connectivity index (χ2n) is 4.29. The van der Waals surface area contributed by atoms with Gasteiger partial charge >= 0.3 is 0 Å². The second-order valence-corrected chi connectivity index (χ2v) is 5.55. The Kier molecular flexibility index (Phi) is 6.12. The van der Waals surface area contributed by atoms with E-state index in [0.717, 1.165) is 22.9 Å². The predicted octanol–water partition coefficient (Wildman–Crippen LogP) is 3.72. The number of hydrogen-bond acceptors (Lipinski definition) is 2. The summed E-state index contributed by atoms with van der Waals surface area (Å²) in [6.07, 6.45) is 1.73. The largest absolute Gasteiger partial charge is 0.330 e. The van der Waals surface area contributed by atoms with E-state index in [-0.39, 0.29) is 11.8 Å². The molecule has 1 aromatic rings. The summed E-state index contributed by atoms with van der Waals surface area (Å²) in [5.74, 6) is -0.207. The molecule has 3 N–H and O–H groups in total. The minimum Gasteiger partial charge on any atom is -0.330 e. The first kappa shape index (κ1) is 15.5. The first-order valence-electron chi connectivity index (χ1n) is 5.96. The molecule has 1 atom stereocenters. The third-order valence-electron chi connectivity index (χ3n) is 2.80. The Hall–Kier alpha value is -0.580. The Morgan fingerprint density at radius 1 is 1.56 bits per heavy atom. The highest BCUT2D eigenvalue weighted by Gasteiger charge is 2.17. The van der Waals surface area contributed by atoms with Crippen molar-refractivity contribution < 1.29 is 4.79 Å². The van der Waals surface area contributed by atoms with E-state index < -0.39 is 0 Å². The van der Waals surface area contributed by atoms with Gasteiger partial charge in [0.25, 0.3) is 0 Å². The van der Waals surface area contributed by atoms with Gasteiger partial charge in [-0.05, 0) is 47.0 Å². The maximum absolute atomic E-state index is 12.0. The van der Waals surface area contributed by atoms with Crippen molar-refractivity contribution >= 4 is 39.1 Å². The normalized spacial score (nSPS) is 12.3. The summed E-state index contributed by atoms with van der Waals surface area (Å²) in [6.45, 7) is 4.31. The number of benzene rings is 1. The molecule has 0 saturated heterocycles. The smallest absolute Gasteiger partial charge is 0.228 e. The molecule has 0 saturated carbocycles. The van der Waals surface area contributed by atoms with Crippen LogP contribution in [0.25, 0.3) is 0 Å². The standard InChI is InChI=1S/C13H18BrClN2O/c1-3-4-9(7-16)13(18)17-12-6-11(15)8(2)5-10(12)14/h5-6,9H,3-4,7,16H2,1-2H3,(H,17,18). The summed E-state index contributed by atoms with van der Waals surface area (Å²) in [4.78, 5) is 12.0. The number of carbonyl (C=O) groups is 1. The van der Waals surface area contributed by atoms with E-state index in [1.165, 1.54) is 0 Å². The van der Waals surface area contributed by atoms with Crippen LogP contribution in [-0.2, 0) is 4.79 Å². The van der Waals surface area contributed by atoms with Crippen molar-refractivity contribution in [2.45, 2.75) is 26.7 Å². The van der Waals surface area contributed by atoms with E-state index in [4.69, 9.17) is 17.3 Å². The molecular formula is C13H18BrClN2O. The van der Waals surface area contributed by atoms with Crippen LogP contribution < -0.4 is 11.1 Å². The van der Waals surface area contributed by atoms with Crippen LogP contribution in [0.3, 0.4) is 0 Å². The zero-order valence-electron chi connectivity index (χ0n) is 10.6. The predicted molar refractivity (Wildman–Crippen MR) is 80.0 cm³/mol.